The molecule has 0 amide bonds. The molecule has 100 valence electrons. The Balaban J connectivity index is 4.41. The number of sulfonamides is 1. The van der Waals surface area contributed by atoms with Crippen LogP contribution >= 0.6 is 0 Å². The molecule has 0 saturated carbocycles. The molecule has 0 saturated heterocycles. The molecule has 5 nitrogen and oxygen atoms in total. The summed E-state index contributed by atoms with van der Waals surface area (Å²) in [7, 11) is -1.92. The summed E-state index contributed by atoms with van der Waals surface area (Å²) in [5, 5.41) is 7.77. The zero-order valence-electron chi connectivity index (χ0n) is 11.0. The lowest BCUT2D eigenvalue weighted by molar-refractivity contribution is 0.153. The lowest BCUT2D eigenvalue weighted by Crippen LogP contribution is -2.39. The third-order valence-electron chi connectivity index (χ3n) is 2.62. The lowest BCUT2D eigenvalue weighted by atomic mass is 9.90. The topological polar surface area (TPSA) is 79.2 Å². The van der Waals surface area contributed by atoms with Crippen LogP contribution in [-0.4, -0.2) is 33.9 Å². The standard InChI is InChI=1S/C11H22N2O3S/c1-5-10(8-12)17(14,15)13-9-11(2,3)6-7-16-4/h10,13H,5-7,9H2,1-4H3. The summed E-state index contributed by atoms with van der Waals surface area (Å²) in [6.07, 6.45) is 1.06. The van der Waals surface area contributed by atoms with E-state index in [9.17, 15) is 8.42 Å². The predicted molar refractivity (Wildman–Crippen MR) is 66.9 cm³/mol. The molecule has 0 aliphatic heterocycles. The molecule has 0 aliphatic rings. The highest BCUT2D eigenvalue weighted by atomic mass is 32.2. The first kappa shape index (κ1) is 16.4. The van der Waals surface area contributed by atoms with Crippen molar-refractivity contribution in [1.29, 1.82) is 5.26 Å². The molecule has 0 heterocycles. The largest absolute Gasteiger partial charge is 0.385 e. The van der Waals surface area contributed by atoms with Crippen LogP contribution in [0.2, 0.25) is 0 Å². The Hall–Kier alpha value is -0.640. The van der Waals surface area contributed by atoms with E-state index in [2.05, 4.69) is 4.72 Å². The fourth-order valence-electron chi connectivity index (χ4n) is 1.24. The van der Waals surface area contributed by atoms with Crippen molar-refractivity contribution in [1.82, 2.24) is 4.72 Å². The number of hydrogen-bond donors (Lipinski definition) is 1. The minimum Gasteiger partial charge on any atom is -0.385 e. The second-order valence-corrected chi connectivity index (χ2v) is 6.75. The molecule has 1 atom stereocenters. The molecule has 0 radical (unpaired) electrons. The Morgan fingerprint density at radius 2 is 2.06 bits per heavy atom. The van der Waals surface area contributed by atoms with Gasteiger partial charge in [0, 0.05) is 20.3 Å². The Kier molecular flexibility index (Phi) is 6.68. The molecule has 0 fully saturated rings. The molecule has 6 heteroatoms. The molecule has 17 heavy (non-hydrogen) atoms. The Morgan fingerprint density at radius 3 is 2.47 bits per heavy atom. The molecule has 0 rings (SSSR count). The predicted octanol–water partition coefficient (Wildman–Crippen LogP) is 1.27. The van der Waals surface area contributed by atoms with Gasteiger partial charge in [0.1, 0.15) is 0 Å². The number of hydrogen-bond acceptors (Lipinski definition) is 4. The lowest BCUT2D eigenvalue weighted by Gasteiger charge is -2.25. The Morgan fingerprint density at radius 1 is 1.47 bits per heavy atom. The first-order chi connectivity index (χ1) is 7.79. The summed E-state index contributed by atoms with van der Waals surface area (Å²) in [4.78, 5) is 0. The summed E-state index contributed by atoms with van der Waals surface area (Å²) < 4.78 is 31.0. The highest BCUT2D eigenvalue weighted by Crippen LogP contribution is 2.19. The van der Waals surface area contributed by atoms with Crippen molar-refractivity contribution in [2.75, 3.05) is 20.3 Å². The number of methoxy groups -OCH3 is 1. The van der Waals surface area contributed by atoms with E-state index in [1.165, 1.54) is 0 Å². The third kappa shape index (κ3) is 6.01. The first-order valence-electron chi connectivity index (χ1n) is 5.66. The van der Waals surface area contributed by atoms with Crippen LogP contribution in [0.15, 0.2) is 0 Å². The maximum absolute atomic E-state index is 11.7. The molecule has 1 N–H and O–H groups in total. The number of nitrogens with one attached hydrogen (secondary N) is 1. The average Bonchev–Trinajstić information content (AvgIpc) is 2.25. The van der Waals surface area contributed by atoms with E-state index in [0.717, 1.165) is 6.42 Å². The molecule has 1 unspecified atom stereocenters. The van der Waals surface area contributed by atoms with Crippen LogP contribution in [0.5, 0.6) is 0 Å². The van der Waals surface area contributed by atoms with Gasteiger partial charge in [0.05, 0.1) is 6.07 Å². The monoisotopic (exact) mass is 262 g/mol. The average molecular weight is 262 g/mol. The summed E-state index contributed by atoms with van der Waals surface area (Å²) >= 11 is 0. The van der Waals surface area contributed by atoms with Gasteiger partial charge in [0.2, 0.25) is 10.0 Å². The molecule has 0 aromatic heterocycles. The van der Waals surface area contributed by atoms with E-state index < -0.39 is 15.3 Å². The smallest absolute Gasteiger partial charge is 0.227 e. The van der Waals surface area contributed by atoms with Crippen LogP contribution in [0.1, 0.15) is 33.6 Å². The van der Waals surface area contributed by atoms with E-state index in [0.29, 0.717) is 19.6 Å². The number of nitriles is 1. The minimum absolute atomic E-state index is 0.184. The van der Waals surface area contributed by atoms with E-state index in [1.54, 1.807) is 20.1 Å². The van der Waals surface area contributed by atoms with Crippen LogP contribution in [0.25, 0.3) is 0 Å². The Labute approximate surface area is 104 Å². The summed E-state index contributed by atoms with van der Waals surface area (Å²) in [6.45, 7) is 6.51. The van der Waals surface area contributed by atoms with Crippen molar-refractivity contribution in [2.45, 2.75) is 38.9 Å². The van der Waals surface area contributed by atoms with E-state index >= 15 is 0 Å². The second-order valence-electron chi connectivity index (χ2n) is 4.80. The molecular weight excluding hydrogens is 240 g/mol. The van der Waals surface area contributed by atoms with Gasteiger partial charge in [0.15, 0.2) is 5.25 Å². The molecule has 0 aliphatic carbocycles. The van der Waals surface area contributed by atoms with Gasteiger partial charge in [-0.05, 0) is 18.3 Å². The number of nitrogens with zero attached hydrogens (tertiary/aromatic N) is 1. The molecular formula is C11H22N2O3S. The van der Waals surface area contributed by atoms with Crippen LogP contribution < -0.4 is 4.72 Å². The van der Waals surface area contributed by atoms with Crippen molar-refractivity contribution in [3.8, 4) is 6.07 Å². The number of ether oxygens (including phenoxy) is 1. The van der Waals surface area contributed by atoms with E-state index in [4.69, 9.17) is 10.00 Å². The third-order valence-corrected chi connectivity index (χ3v) is 4.36. The molecule has 0 spiro atoms. The van der Waals surface area contributed by atoms with Crippen molar-refractivity contribution < 1.29 is 13.2 Å². The van der Waals surface area contributed by atoms with E-state index in [-0.39, 0.29) is 5.41 Å². The van der Waals surface area contributed by atoms with Crippen molar-refractivity contribution >= 4 is 10.0 Å². The van der Waals surface area contributed by atoms with Crippen molar-refractivity contribution in [3.63, 3.8) is 0 Å². The highest BCUT2D eigenvalue weighted by molar-refractivity contribution is 7.90. The van der Waals surface area contributed by atoms with Gasteiger partial charge in [0.25, 0.3) is 0 Å². The van der Waals surface area contributed by atoms with Crippen molar-refractivity contribution in [2.24, 2.45) is 5.41 Å². The SMILES string of the molecule is CCC(C#N)S(=O)(=O)NCC(C)(C)CCOC. The van der Waals surface area contributed by atoms with Gasteiger partial charge in [-0.25, -0.2) is 13.1 Å². The molecule has 0 bridgehead atoms. The summed E-state index contributed by atoms with van der Waals surface area (Å²) in [5.41, 5.74) is -0.184. The van der Waals surface area contributed by atoms with Gasteiger partial charge >= 0.3 is 0 Å². The van der Waals surface area contributed by atoms with Gasteiger partial charge in [-0.2, -0.15) is 5.26 Å². The highest BCUT2D eigenvalue weighted by Gasteiger charge is 2.26. The second kappa shape index (κ2) is 6.94. The maximum Gasteiger partial charge on any atom is 0.227 e. The van der Waals surface area contributed by atoms with Crippen LogP contribution in [0.3, 0.4) is 0 Å². The fourth-order valence-corrected chi connectivity index (χ4v) is 2.61. The van der Waals surface area contributed by atoms with Crippen LogP contribution in [0.4, 0.5) is 0 Å². The number of rotatable bonds is 8. The maximum atomic E-state index is 11.7. The van der Waals surface area contributed by atoms with Crippen molar-refractivity contribution in [3.05, 3.63) is 0 Å². The zero-order chi connectivity index (χ0) is 13.5. The minimum atomic E-state index is -3.53. The van der Waals surface area contributed by atoms with Gasteiger partial charge < -0.3 is 4.74 Å². The molecule has 0 aromatic rings. The van der Waals surface area contributed by atoms with Gasteiger partial charge in [-0.15, -0.1) is 0 Å². The fraction of sp³-hybridized carbons (Fsp3) is 0.909. The Bertz CT molecular complexity index is 357. The quantitative estimate of drug-likeness (QED) is 0.714. The van der Waals surface area contributed by atoms with Crippen LogP contribution in [-0.2, 0) is 14.8 Å². The van der Waals surface area contributed by atoms with Crippen LogP contribution in [0, 0.1) is 16.7 Å². The van der Waals surface area contributed by atoms with Gasteiger partial charge in [-0.3, -0.25) is 0 Å². The summed E-state index contributed by atoms with van der Waals surface area (Å²) in [5.74, 6) is 0. The first-order valence-corrected chi connectivity index (χ1v) is 7.20. The van der Waals surface area contributed by atoms with E-state index in [1.807, 2.05) is 13.8 Å². The van der Waals surface area contributed by atoms with Gasteiger partial charge in [-0.1, -0.05) is 20.8 Å². The summed E-state index contributed by atoms with van der Waals surface area (Å²) in [6, 6.07) is 1.80. The normalized spacial score (nSPS) is 14.3. The zero-order valence-corrected chi connectivity index (χ0v) is 11.8. The molecule has 0 aromatic carbocycles.